The number of anilines is 2. The summed E-state index contributed by atoms with van der Waals surface area (Å²) in [5.41, 5.74) is 4.75. The van der Waals surface area contributed by atoms with Crippen LogP contribution in [-0.2, 0) is 10.7 Å². The van der Waals surface area contributed by atoms with Gasteiger partial charge in [-0.05, 0) is 63.6 Å². The quantitative estimate of drug-likeness (QED) is 0.300. The van der Waals surface area contributed by atoms with Crippen molar-refractivity contribution in [3.8, 4) is 11.8 Å². The lowest BCUT2D eigenvalue weighted by Gasteiger charge is -2.30. The summed E-state index contributed by atoms with van der Waals surface area (Å²) in [5.74, 6) is -2.25. The number of rotatable bonds is 9. The molecule has 186 valence electrons. The minimum atomic E-state index is -3.52. The van der Waals surface area contributed by atoms with Gasteiger partial charge in [0.25, 0.3) is 0 Å². The number of nitrogens with two attached hydrogens (primary N) is 1. The summed E-state index contributed by atoms with van der Waals surface area (Å²) in [6.07, 6.45) is 0. The van der Waals surface area contributed by atoms with E-state index in [0.717, 1.165) is 19.9 Å². The van der Waals surface area contributed by atoms with Gasteiger partial charge in [0.2, 0.25) is 0 Å². The van der Waals surface area contributed by atoms with E-state index in [1.807, 2.05) is 0 Å². The first-order valence-corrected chi connectivity index (χ1v) is 11.0. The number of nitrogens with one attached hydrogen (secondary N) is 1. The molecule has 0 saturated carbocycles. The molecule has 10 heteroatoms. The molecule has 0 spiro atoms. The Bertz CT molecular complexity index is 1270. The molecule has 0 amide bonds. The molecule has 4 N–H and O–H groups in total. The molecule has 3 rings (SSSR count). The lowest BCUT2D eigenvalue weighted by Crippen LogP contribution is -2.40. The van der Waals surface area contributed by atoms with Gasteiger partial charge in [-0.25, -0.2) is 9.97 Å². The second-order valence-corrected chi connectivity index (χ2v) is 8.83. The minimum absolute atomic E-state index is 0.145. The van der Waals surface area contributed by atoms with Crippen molar-refractivity contribution in [3.05, 3.63) is 52.8 Å². The number of methoxy groups -OCH3 is 1. The van der Waals surface area contributed by atoms with Crippen molar-refractivity contribution in [1.82, 2.24) is 9.97 Å². The van der Waals surface area contributed by atoms with Crippen LogP contribution in [0.25, 0.3) is 10.9 Å². The Balaban J connectivity index is 2.03. The number of aliphatic hydroxyl groups is 1. The molecule has 0 aliphatic heterocycles. The number of fused-ring (bicyclic) bond motifs is 1. The molecule has 2 aromatic carbocycles. The Morgan fingerprint density at radius 3 is 2.51 bits per heavy atom. The Labute approximate surface area is 202 Å². The summed E-state index contributed by atoms with van der Waals surface area (Å²) in [4.78, 5) is 8.91. The number of halogens is 2. The largest absolute Gasteiger partial charge is 0.490 e. The summed E-state index contributed by atoms with van der Waals surface area (Å²) in [6, 6.07) is 8.97. The average Bonchev–Trinajstić information content (AvgIpc) is 2.77. The number of nitriles is 1. The van der Waals surface area contributed by atoms with Gasteiger partial charge in [0.05, 0.1) is 23.7 Å². The van der Waals surface area contributed by atoms with Gasteiger partial charge in [-0.1, -0.05) is 0 Å². The van der Waals surface area contributed by atoms with Crippen LogP contribution in [0.3, 0.4) is 0 Å². The van der Waals surface area contributed by atoms with Crippen LogP contribution in [-0.4, -0.2) is 41.0 Å². The smallest absolute Gasteiger partial charge is 0.300 e. The second kappa shape index (κ2) is 9.98. The van der Waals surface area contributed by atoms with Crippen LogP contribution >= 0.6 is 0 Å². The minimum Gasteiger partial charge on any atom is -0.490 e. The second-order valence-electron chi connectivity index (χ2n) is 8.83. The molecule has 0 saturated heterocycles. The van der Waals surface area contributed by atoms with Crippen molar-refractivity contribution in [2.75, 3.05) is 31.4 Å². The van der Waals surface area contributed by atoms with Crippen molar-refractivity contribution >= 4 is 22.4 Å². The highest BCUT2D eigenvalue weighted by Gasteiger charge is 2.47. The molecule has 0 radical (unpaired) electrons. The number of benzene rings is 2. The Hall–Kier alpha value is -3.55. The summed E-state index contributed by atoms with van der Waals surface area (Å²) in [6.45, 7) is 6.20. The maximum Gasteiger partial charge on any atom is 0.300 e. The first-order valence-electron chi connectivity index (χ1n) is 11.0. The number of aromatic nitrogens is 2. The number of hydrogen-bond acceptors (Lipinski definition) is 8. The highest BCUT2D eigenvalue weighted by molar-refractivity contribution is 5.91. The zero-order chi connectivity index (χ0) is 26.0. The maximum absolute atomic E-state index is 14.8. The van der Waals surface area contributed by atoms with Crippen LogP contribution in [0, 0.1) is 18.3 Å². The first kappa shape index (κ1) is 26.1. The Morgan fingerprint density at radius 1 is 1.17 bits per heavy atom. The van der Waals surface area contributed by atoms with Gasteiger partial charge >= 0.3 is 5.92 Å². The molecule has 0 bridgehead atoms. The third-order valence-corrected chi connectivity index (χ3v) is 5.54. The van der Waals surface area contributed by atoms with E-state index >= 15 is 0 Å². The zero-order valence-corrected chi connectivity index (χ0v) is 20.3. The fraction of sp³-hybridized carbons (Fsp3) is 0.400. The molecule has 1 aromatic heterocycles. The van der Waals surface area contributed by atoms with Gasteiger partial charge in [0.15, 0.2) is 0 Å². The fourth-order valence-corrected chi connectivity index (χ4v) is 3.57. The number of nitrogen functional groups attached to an aromatic ring is 1. The average molecular weight is 486 g/mol. The standard InChI is InChI=1S/C25H29F2N5O3/c1-14(16-8-18(11-19(29)9-16)25(26,27)24(3,4)33)30-23-20-12-22(35-7-6-34-5)17(13-28)10-21(20)31-15(2)32-23/h8-12,14,33H,6-7,29H2,1-5H3,(H,30,31,32)/t14-/m1/s1. The lowest BCUT2D eigenvalue weighted by molar-refractivity contribution is -0.168. The summed E-state index contributed by atoms with van der Waals surface area (Å²) < 4.78 is 40.3. The van der Waals surface area contributed by atoms with Gasteiger partial charge in [-0.2, -0.15) is 14.0 Å². The molecule has 0 aliphatic carbocycles. The van der Waals surface area contributed by atoms with Gasteiger partial charge < -0.3 is 25.6 Å². The van der Waals surface area contributed by atoms with E-state index in [1.54, 1.807) is 39.2 Å². The first-order chi connectivity index (χ1) is 16.4. The van der Waals surface area contributed by atoms with E-state index in [2.05, 4.69) is 21.4 Å². The molecular weight excluding hydrogens is 456 g/mol. The van der Waals surface area contributed by atoms with Gasteiger partial charge in [-0.15, -0.1) is 0 Å². The number of alkyl halides is 2. The van der Waals surface area contributed by atoms with E-state index in [1.165, 1.54) is 6.07 Å². The van der Waals surface area contributed by atoms with Crippen LogP contribution in [0.1, 0.15) is 49.3 Å². The maximum atomic E-state index is 14.8. The summed E-state index contributed by atoms with van der Waals surface area (Å²) in [7, 11) is 1.55. The van der Waals surface area contributed by atoms with Crippen molar-refractivity contribution in [3.63, 3.8) is 0 Å². The molecule has 35 heavy (non-hydrogen) atoms. The molecule has 0 unspecified atom stereocenters. The number of ether oxygens (including phenoxy) is 2. The molecule has 0 aliphatic rings. The summed E-state index contributed by atoms with van der Waals surface area (Å²) in [5, 5.41) is 23.4. The van der Waals surface area contributed by atoms with Gasteiger partial charge in [0, 0.05) is 23.7 Å². The van der Waals surface area contributed by atoms with Crippen LogP contribution in [0.5, 0.6) is 5.75 Å². The van der Waals surface area contributed by atoms with E-state index in [-0.39, 0.29) is 17.9 Å². The van der Waals surface area contributed by atoms with Gasteiger partial charge in [-0.3, -0.25) is 0 Å². The SMILES string of the molecule is COCCOc1cc2c(N[C@H](C)c3cc(N)cc(C(F)(F)C(C)(C)O)c3)nc(C)nc2cc1C#N. The third kappa shape index (κ3) is 5.58. The fourth-order valence-electron chi connectivity index (χ4n) is 3.57. The number of aryl methyl sites for hydroxylation is 1. The number of hydrogen-bond donors (Lipinski definition) is 3. The Morgan fingerprint density at radius 2 is 1.89 bits per heavy atom. The molecule has 3 aromatic rings. The zero-order valence-electron chi connectivity index (χ0n) is 20.3. The highest BCUT2D eigenvalue weighted by atomic mass is 19.3. The summed E-state index contributed by atoms with van der Waals surface area (Å²) >= 11 is 0. The predicted octanol–water partition coefficient (Wildman–Crippen LogP) is 4.45. The Kier molecular flexibility index (Phi) is 7.43. The highest BCUT2D eigenvalue weighted by Crippen LogP contribution is 2.40. The molecular formula is C25H29F2N5O3. The van der Waals surface area contributed by atoms with Crippen LogP contribution in [0.4, 0.5) is 20.3 Å². The van der Waals surface area contributed by atoms with E-state index in [9.17, 15) is 19.1 Å². The van der Waals surface area contributed by atoms with E-state index in [0.29, 0.717) is 46.0 Å². The predicted molar refractivity (Wildman–Crippen MR) is 129 cm³/mol. The van der Waals surface area contributed by atoms with Crippen molar-refractivity contribution in [2.45, 2.75) is 45.3 Å². The van der Waals surface area contributed by atoms with E-state index in [4.69, 9.17) is 15.2 Å². The van der Waals surface area contributed by atoms with Crippen molar-refractivity contribution < 1.29 is 23.4 Å². The van der Waals surface area contributed by atoms with Crippen molar-refractivity contribution in [1.29, 1.82) is 5.26 Å². The molecule has 0 fully saturated rings. The lowest BCUT2D eigenvalue weighted by atomic mass is 9.91. The molecule has 1 heterocycles. The molecule has 8 nitrogen and oxygen atoms in total. The monoisotopic (exact) mass is 485 g/mol. The van der Waals surface area contributed by atoms with Crippen LogP contribution < -0.4 is 15.8 Å². The van der Waals surface area contributed by atoms with Gasteiger partial charge in [0.1, 0.15) is 35.7 Å². The van der Waals surface area contributed by atoms with Crippen molar-refractivity contribution in [2.24, 2.45) is 0 Å². The normalized spacial score (nSPS) is 12.9. The topological polar surface area (TPSA) is 126 Å². The van der Waals surface area contributed by atoms with E-state index < -0.39 is 17.6 Å². The third-order valence-electron chi connectivity index (χ3n) is 5.54. The van der Waals surface area contributed by atoms with Crippen LogP contribution in [0.15, 0.2) is 30.3 Å². The van der Waals surface area contributed by atoms with Crippen LogP contribution in [0.2, 0.25) is 0 Å². The number of nitrogens with zero attached hydrogens (tertiary/aromatic N) is 3. The molecule has 1 atom stereocenters.